The van der Waals surface area contributed by atoms with Crippen molar-refractivity contribution in [1.82, 2.24) is 0 Å². The summed E-state index contributed by atoms with van der Waals surface area (Å²) in [6, 6.07) is 4.49. The van der Waals surface area contributed by atoms with Crippen LogP contribution in [0.1, 0.15) is 30.4 Å². The van der Waals surface area contributed by atoms with Gasteiger partial charge in [-0.15, -0.1) is 0 Å². The number of rotatable bonds is 1. The van der Waals surface area contributed by atoms with E-state index in [1.165, 1.54) is 6.07 Å². The fourth-order valence-electron chi connectivity index (χ4n) is 4.96. The van der Waals surface area contributed by atoms with E-state index in [1.54, 1.807) is 19.1 Å². The van der Waals surface area contributed by atoms with Crippen molar-refractivity contribution in [2.45, 2.75) is 31.0 Å². The number of nitrogens with two attached hydrogens (primary N) is 1. The summed E-state index contributed by atoms with van der Waals surface area (Å²) in [6.07, 6.45) is -2.10. The molecule has 9 nitrogen and oxygen atoms in total. The smallest absolute Gasteiger partial charge is 0.255 e. The van der Waals surface area contributed by atoms with E-state index in [9.17, 15) is 39.9 Å². The number of primary amides is 1. The zero-order valence-corrected chi connectivity index (χ0v) is 15.3. The Kier molecular flexibility index (Phi) is 3.91. The van der Waals surface area contributed by atoms with Crippen LogP contribution in [0.4, 0.5) is 0 Å². The highest BCUT2D eigenvalue weighted by Gasteiger charge is 2.64. The molecule has 5 atom stereocenters. The van der Waals surface area contributed by atoms with Crippen LogP contribution in [0.3, 0.4) is 0 Å². The SMILES string of the molecule is C[C@H]1c2cccc(O)c2C(O)=C2C(=O)[C@]3(O)C(O)=C(C(N)=O)C(=O)C[C@@H]3C(O)[C@@H]21. The number of ketones is 2. The third-order valence-electron chi connectivity index (χ3n) is 6.37. The molecule has 0 heterocycles. The van der Waals surface area contributed by atoms with Crippen LogP contribution in [0.5, 0.6) is 5.75 Å². The lowest BCUT2D eigenvalue weighted by Gasteiger charge is -2.50. The van der Waals surface area contributed by atoms with Crippen molar-refractivity contribution in [2.75, 3.05) is 0 Å². The van der Waals surface area contributed by atoms with Crippen LogP contribution < -0.4 is 5.73 Å². The minimum atomic E-state index is -2.81. The Labute approximate surface area is 164 Å². The van der Waals surface area contributed by atoms with Crippen molar-refractivity contribution in [2.24, 2.45) is 17.6 Å². The fraction of sp³-hybridized carbons (Fsp3) is 0.350. The number of carbonyl (C=O) groups excluding carboxylic acids is 3. The van der Waals surface area contributed by atoms with E-state index >= 15 is 0 Å². The molecular weight excluding hydrogens is 382 g/mol. The van der Waals surface area contributed by atoms with Gasteiger partial charge in [0.25, 0.3) is 5.91 Å². The largest absolute Gasteiger partial charge is 0.508 e. The Bertz CT molecular complexity index is 1050. The standard InChI is InChI=1S/C20H19NO8/c1-6-7-3-2-4-9(22)12(7)16(25)14-11(6)15(24)8-5-10(23)13(19(21)28)17(26)20(8,29)18(14)27/h2-4,6,8,11,15,22,24-26,29H,5H2,1H3,(H2,21,28)/t6-,8+,11+,15?,20+/m0/s1. The predicted molar refractivity (Wildman–Crippen MR) is 97.5 cm³/mol. The molecule has 1 fully saturated rings. The number of carbonyl (C=O) groups is 3. The van der Waals surface area contributed by atoms with E-state index in [0.29, 0.717) is 5.56 Å². The topological polar surface area (TPSA) is 178 Å². The summed E-state index contributed by atoms with van der Waals surface area (Å²) >= 11 is 0. The van der Waals surface area contributed by atoms with Crippen molar-refractivity contribution >= 4 is 23.2 Å². The molecule has 0 bridgehead atoms. The molecule has 0 aliphatic heterocycles. The lowest BCUT2D eigenvalue weighted by Crippen LogP contribution is -2.63. The third kappa shape index (κ3) is 2.19. The van der Waals surface area contributed by atoms with Gasteiger partial charge >= 0.3 is 0 Å². The first-order chi connectivity index (χ1) is 13.5. The Hall–Kier alpha value is -3.17. The molecule has 0 saturated heterocycles. The van der Waals surface area contributed by atoms with Crippen LogP contribution in [0.15, 0.2) is 35.1 Å². The number of phenols is 1. The molecule has 152 valence electrons. The van der Waals surface area contributed by atoms with Gasteiger partial charge in [0, 0.05) is 23.8 Å². The number of phenolic OH excluding ortho intramolecular Hbond substituents is 1. The van der Waals surface area contributed by atoms with Crippen molar-refractivity contribution in [3.8, 4) is 5.75 Å². The molecule has 1 aromatic carbocycles. The lowest BCUT2D eigenvalue weighted by atomic mass is 9.55. The molecule has 3 aliphatic rings. The summed E-state index contributed by atoms with van der Waals surface area (Å²) in [4.78, 5) is 37.2. The highest BCUT2D eigenvalue weighted by Crippen LogP contribution is 2.55. The highest BCUT2D eigenvalue weighted by atomic mass is 16.4. The van der Waals surface area contributed by atoms with Crippen molar-refractivity contribution < 1.29 is 39.9 Å². The molecule has 1 saturated carbocycles. The maximum Gasteiger partial charge on any atom is 0.255 e. The highest BCUT2D eigenvalue weighted by molar-refractivity contribution is 6.22. The van der Waals surface area contributed by atoms with Crippen LogP contribution in [0.25, 0.3) is 5.76 Å². The van der Waals surface area contributed by atoms with Gasteiger partial charge < -0.3 is 31.3 Å². The molecule has 3 aliphatic carbocycles. The number of aromatic hydroxyl groups is 1. The van der Waals surface area contributed by atoms with Gasteiger partial charge in [-0.1, -0.05) is 19.1 Å². The van der Waals surface area contributed by atoms with Gasteiger partial charge in [-0.05, 0) is 17.5 Å². The van der Waals surface area contributed by atoms with Crippen LogP contribution in [0.2, 0.25) is 0 Å². The lowest BCUT2D eigenvalue weighted by molar-refractivity contribution is -0.160. The monoisotopic (exact) mass is 401 g/mol. The molecule has 1 aromatic rings. The zero-order chi connectivity index (χ0) is 21.4. The Morgan fingerprint density at radius 2 is 1.86 bits per heavy atom. The molecule has 1 amide bonds. The van der Waals surface area contributed by atoms with Gasteiger partial charge in [0.15, 0.2) is 11.4 Å². The summed E-state index contributed by atoms with van der Waals surface area (Å²) in [5.74, 6) is -8.54. The first-order valence-corrected chi connectivity index (χ1v) is 9.00. The van der Waals surface area contributed by atoms with E-state index in [0.717, 1.165) is 0 Å². The zero-order valence-electron chi connectivity index (χ0n) is 15.3. The van der Waals surface area contributed by atoms with Crippen molar-refractivity contribution in [3.63, 3.8) is 0 Å². The Morgan fingerprint density at radius 3 is 2.48 bits per heavy atom. The Morgan fingerprint density at radius 1 is 1.21 bits per heavy atom. The van der Waals surface area contributed by atoms with Crippen LogP contribution in [-0.2, 0) is 14.4 Å². The summed E-state index contributed by atoms with van der Waals surface area (Å²) in [6.45, 7) is 1.67. The second-order valence-corrected chi connectivity index (χ2v) is 7.73. The molecule has 0 radical (unpaired) electrons. The maximum absolute atomic E-state index is 13.3. The molecule has 29 heavy (non-hydrogen) atoms. The normalized spacial score (nSPS) is 33.9. The van der Waals surface area contributed by atoms with Gasteiger partial charge in [0.05, 0.1) is 11.7 Å². The first kappa shape index (κ1) is 19.2. The van der Waals surface area contributed by atoms with Gasteiger partial charge in [-0.25, -0.2) is 0 Å². The Balaban J connectivity index is 2.02. The number of benzene rings is 1. The average Bonchev–Trinajstić information content (AvgIpc) is 2.65. The number of amides is 1. The second-order valence-electron chi connectivity index (χ2n) is 7.73. The third-order valence-corrected chi connectivity index (χ3v) is 6.37. The predicted octanol–water partition coefficient (Wildman–Crippen LogP) is -0.0443. The van der Waals surface area contributed by atoms with E-state index < -0.39 is 70.4 Å². The number of aliphatic hydroxyl groups excluding tert-OH is 3. The number of hydrogen-bond acceptors (Lipinski definition) is 8. The van der Waals surface area contributed by atoms with Gasteiger partial charge in [0.2, 0.25) is 5.78 Å². The summed E-state index contributed by atoms with van der Waals surface area (Å²) in [5.41, 5.74) is 1.48. The van der Waals surface area contributed by atoms with Crippen LogP contribution in [-0.4, -0.2) is 54.7 Å². The average molecular weight is 401 g/mol. The van der Waals surface area contributed by atoms with Crippen molar-refractivity contribution in [3.05, 3.63) is 46.2 Å². The fourth-order valence-corrected chi connectivity index (χ4v) is 4.96. The van der Waals surface area contributed by atoms with Gasteiger partial charge in [-0.2, -0.15) is 0 Å². The molecular formula is C20H19NO8. The number of fused-ring (bicyclic) bond motifs is 3. The second kappa shape index (κ2) is 5.91. The van der Waals surface area contributed by atoms with E-state index in [2.05, 4.69) is 0 Å². The van der Waals surface area contributed by atoms with E-state index in [4.69, 9.17) is 5.73 Å². The first-order valence-electron chi connectivity index (χ1n) is 9.00. The van der Waals surface area contributed by atoms with Crippen LogP contribution >= 0.6 is 0 Å². The van der Waals surface area contributed by atoms with Gasteiger partial charge in [0.1, 0.15) is 22.8 Å². The maximum atomic E-state index is 13.3. The number of Topliss-reactive ketones (excluding diaryl/α,β-unsaturated/α-hetero) is 2. The van der Waals surface area contributed by atoms with Crippen molar-refractivity contribution in [1.29, 1.82) is 0 Å². The molecule has 0 aromatic heterocycles. The van der Waals surface area contributed by atoms with Gasteiger partial charge in [-0.3, -0.25) is 14.4 Å². The number of aliphatic hydroxyl groups is 4. The quantitative estimate of drug-likeness (QED) is 0.355. The molecule has 1 unspecified atom stereocenters. The van der Waals surface area contributed by atoms with Crippen LogP contribution in [0, 0.1) is 11.8 Å². The van der Waals surface area contributed by atoms with E-state index in [-0.39, 0.29) is 16.9 Å². The summed E-state index contributed by atoms with van der Waals surface area (Å²) in [7, 11) is 0. The molecule has 7 N–H and O–H groups in total. The summed E-state index contributed by atoms with van der Waals surface area (Å²) < 4.78 is 0. The minimum Gasteiger partial charge on any atom is -0.508 e. The minimum absolute atomic E-state index is 0.0145. The van der Waals surface area contributed by atoms with E-state index in [1.807, 2.05) is 0 Å². The molecule has 4 rings (SSSR count). The molecule has 0 spiro atoms. The number of hydrogen-bond donors (Lipinski definition) is 6. The molecule has 9 heteroatoms. The summed E-state index contributed by atoms with van der Waals surface area (Å²) in [5, 5.41) is 53.6.